The quantitative estimate of drug-likeness (QED) is 0.592. The molecule has 3 N–H and O–H groups in total. The van der Waals surface area contributed by atoms with E-state index in [1.165, 1.54) is 6.92 Å². The molecule has 3 atom stereocenters. The van der Waals surface area contributed by atoms with Gasteiger partial charge in [0.2, 0.25) is 15.9 Å². The normalized spacial score (nSPS) is 26.0. The van der Waals surface area contributed by atoms with Crippen molar-refractivity contribution in [2.45, 2.75) is 51.8 Å². The third kappa shape index (κ3) is 4.84. The van der Waals surface area contributed by atoms with Gasteiger partial charge in [0.25, 0.3) is 0 Å². The number of carbonyl (C=O) groups excluding carboxylic acids is 1. The molecule has 0 radical (unpaired) electrons. The fourth-order valence-electron chi connectivity index (χ4n) is 2.20. The maximum Gasteiger partial charge on any atom is 0.238 e. The summed E-state index contributed by atoms with van der Waals surface area (Å²) in [7, 11) is -3.43. The first-order valence-electron chi connectivity index (χ1n) is 7.11. The van der Waals surface area contributed by atoms with Crippen molar-refractivity contribution in [1.29, 1.82) is 0 Å². The molecule has 1 amide bonds. The van der Waals surface area contributed by atoms with E-state index in [2.05, 4.69) is 10.0 Å². The fraction of sp³-hybridized carbons (Fsp3) is 0.923. The molecule has 1 fully saturated rings. The predicted octanol–water partition coefficient (Wildman–Crippen LogP) is 0.323. The second kappa shape index (κ2) is 7.30. The minimum Gasteiger partial charge on any atom is -0.392 e. The van der Waals surface area contributed by atoms with E-state index in [0.717, 1.165) is 0 Å². The number of hydrogen-bond donors (Lipinski definition) is 3. The first kappa shape index (κ1) is 18.7. The lowest BCUT2D eigenvalue weighted by Crippen LogP contribution is -2.63. The van der Waals surface area contributed by atoms with E-state index in [1.807, 2.05) is 20.1 Å². The topological polar surface area (TPSA) is 95.5 Å². The zero-order valence-electron chi connectivity index (χ0n) is 13.0. The van der Waals surface area contributed by atoms with Crippen LogP contribution in [0.4, 0.5) is 0 Å². The average molecular weight is 338 g/mol. The highest BCUT2D eigenvalue weighted by Crippen LogP contribution is 2.40. The number of thioether (sulfide) groups is 1. The third-order valence-electron chi connectivity index (χ3n) is 4.16. The van der Waals surface area contributed by atoms with Crippen LogP contribution in [0.2, 0.25) is 0 Å². The van der Waals surface area contributed by atoms with Crippen LogP contribution in [0.1, 0.15) is 33.6 Å². The monoisotopic (exact) mass is 338 g/mol. The Morgan fingerprint density at radius 2 is 2.10 bits per heavy atom. The summed E-state index contributed by atoms with van der Waals surface area (Å²) in [4.78, 5) is 12.3. The van der Waals surface area contributed by atoms with E-state index in [1.54, 1.807) is 11.8 Å². The molecular formula is C13H26N2O4S2. The van der Waals surface area contributed by atoms with Crippen LogP contribution in [-0.2, 0) is 14.8 Å². The summed E-state index contributed by atoms with van der Waals surface area (Å²) in [6.07, 6.45) is 2.44. The van der Waals surface area contributed by atoms with Gasteiger partial charge in [0.05, 0.1) is 11.9 Å². The second-order valence-corrected chi connectivity index (χ2v) is 9.02. The van der Waals surface area contributed by atoms with Crippen molar-refractivity contribution in [3.63, 3.8) is 0 Å². The van der Waals surface area contributed by atoms with Crippen molar-refractivity contribution in [3.8, 4) is 0 Å². The van der Waals surface area contributed by atoms with Crippen LogP contribution in [0.25, 0.3) is 0 Å². The molecule has 0 aromatic rings. The Morgan fingerprint density at radius 1 is 1.48 bits per heavy atom. The Kier molecular flexibility index (Phi) is 6.52. The van der Waals surface area contributed by atoms with Crippen molar-refractivity contribution in [2.75, 3.05) is 17.8 Å². The van der Waals surface area contributed by atoms with Gasteiger partial charge in [-0.1, -0.05) is 13.8 Å². The number of amides is 1. The lowest BCUT2D eigenvalue weighted by atomic mass is 9.64. The maximum atomic E-state index is 12.3. The number of aliphatic hydroxyl groups excluding tert-OH is 1. The van der Waals surface area contributed by atoms with Gasteiger partial charge in [0.15, 0.2) is 0 Å². The Balaban J connectivity index is 2.68. The highest BCUT2D eigenvalue weighted by Gasteiger charge is 2.48. The van der Waals surface area contributed by atoms with Crippen molar-refractivity contribution < 1.29 is 18.3 Å². The maximum absolute atomic E-state index is 12.3. The van der Waals surface area contributed by atoms with Gasteiger partial charge in [0.1, 0.15) is 6.04 Å². The number of hydrogen-bond acceptors (Lipinski definition) is 5. The van der Waals surface area contributed by atoms with Crippen molar-refractivity contribution >= 4 is 27.7 Å². The van der Waals surface area contributed by atoms with Crippen LogP contribution in [0.5, 0.6) is 0 Å². The van der Waals surface area contributed by atoms with Gasteiger partial charge >= 0.3 is 0 Å². The molecule has 21 heavy (non-hydrogen) atoms. The summed E-state index contributed by atoms with van der Waals surface area (Å²) < 4.78 is 25.8. The lowest BCUT2D eigenvalue weighted by molar-refractivity contribution is -0.130. The highest BCUT2D eigenvalue weighted by molar-refractivity contribution is 7.98. The minimum absolute atomic E-state index is 0.0519. The van der Waals surface area contributed by atoms with Crippen molar-refractivity contribution in [3.05, 3.63) is 0 Å². The Hall–Kier alpha value is -0.310. The summed E-state index contributed by atoms with van der Waals surface area (Å²) in [6, 6.07) is -0.876. The summed E-state index contributed by atoms with van der Waals surface area (Å²) >= 11 is 1.56. The molecule has 0 bridgehead atoms. The summed E-state index contributed by atoms with van der Waals surface area (Å²) in [6.45, 7) is 5.32. The van der Waals surface area contributed by atoms with Crippen molar-refractivity contribution in [2.24, 2.45) is 5.41 Å². The van der Waals surface area contributed by atoms with Crippen LogP contribution in [0.15, 0.2) is 0 Å². The van der Waals surface area contributed by atoms with Crippen molar-refractivity contribution in [1.82, 2.24) is 10.0 Å². The van der Waals surface area contributed by atoms with Gasteiger partial charge in [-0.2, -0.15) is 11.8 Å². The summed E-state index contributed by atoms with van der Waals surface area (Å²) in [5.41, 5.74) is -0.372. The molecule has 0 saturated heterocycles. The zero-order chi connectivity index (χ0) is 16.3. The Labute approximate surface area is 131 Å². The second-order valence-electron chi connectivity index (χ2n) is 5.99. The van der Waals surface area contributed by atoms with Crippen LogP contribution >= 0.6 is 11.8 Å². The molecule has 0 aromatic carbocycles. The van der Waals surface area contributed by atoms with E-state index in [-0.39, 0.29) is 23.1 Å². The Morgan fingerprint density at radius 3 is 2.52 bits per heavy atom. The zero-order valence-corrected chi connectivity index (χ0v) is 14.7. The molecule has 1 rings (SSSR count). The molecular weight excluding hydrogens is 312 g/mol. The van der Waals surface area contributed by atoms with E-state index < -0.39 is 22.2 Å². The van der Waals surface area contributed by atoms with Gasteiger partial charge in [-0.25, -0.2) is 13.1 Å². The van der Waals surface area contributed by atoms with Crippen LogP contribution in [0, 0.1) is 5.41 Å². The van der Waals surface area contributed by atoms with Gasteiger partial charge < -0.3 is 10.4 Å². The molecule has 1 saturated carbocycles. The molecule has 0 heterocycles. The summed E-state index contributed by atoms with van der Waals surface area (Å²) in [5, 5.41) is 12.6. The minimum atomic E-state index is -3.43. The standard InChI is InChI=1S/C13H26N2O4S2/c1-5-21(18,19)15-9(6-7-20-4)12(17)14-10-8-11(16)13(10,2)3/h9-11,15-16H,5-8H2,1-4H3,(H,14,17). The first-order chi connectivity index (χ1) is 9.64. The molecule has 8 heteroatoms. The molecule has 0 aromatic heterocycles. The highest BCUT2D eigenvalue weighted by atomic mass is 32.2. The van der Waals surface area contributed by atoms with Gasteiger partial charge in [-0.15, -0.1) is 0 Å². The van der Waals surface area contributed by atoms with E-state index in [0.29, 0.717) is 18.6 Å². The van der Waals surface area contributed by atoms with Gasteiger partial charge in [-0.05, 0) is 31.8 Å². The van der Waals surface area contributed by atoms with Gasteiger partial charge in [-0.3, -0.25) is 4.79 Å². The number of rotatable bonds is 8. The molecule has 6 nitrogen and oxygen atoms in total. The fourth-order valence-corrected chi connectivity index (χ4v) is 3.50. The molecule has 3 unspecified atom stereocenters. The molecule has 1 aliphatic carbocycles. The van der Waals surface area contributed by atoms with Crippen LogP contribution < -0.4 is 10.0 Å². The lowest BCUT2D eigenvalue weighted by Gasteiger charge is -2.49. The Bertz CT molecular complexity index is 465. The van der Waals surface area contributed by atoms with E-state index >= 15 is 0 Å². The SMILES string of the molecule is CCS(=O)(=O)NC(CCSC)C(=O)NC1CC(O)C1(C)C. The molecule has 1 aliphatic rings. The largest absolute Gasteiger partial charge is 0.392 e. The first-order valence-corrected chi connectivity index (χ1v) is 10.2. The third-order valence-corrected chi connectivity index (χ3v) is 6.21. The molecule has 0 spiro atoms. The smallest absolute Gasteiger partial charge is 0.238 e. The predicted molar refractivity (Wildman–Crippen MR) is 85.7 cm³/mol. The molecule has 0 aliphatic heterocycles. The molecule has 124 valence electrons. The number of nitrogens with one attached hydrogen (secondary N) is 2. The van der Waals surface area contributed by atoms with E-state index in [9.17, 15) is 18.3 Å². The number of carbonyl (C=O) groups is 1. The summed E-state index contributed by atoms with van der Waals surface area (Å²) in [5.74, 6) is 0.330. The van der Waals surface area contributed by atoms with Gasteiger partial charge in [0, 0.05) is 11.5 Å². The van der Waals surface area contributed by atoms with Crippen LogP contribution in [-0.4, -0.2) is 55.4 Å². The number of aliphatic hydroxyl groups is 1. The number of sulfonamides is 1. The average Bonchev–Trinajstić information content (AvgIpc) is 2.42. The van der Waals surface area contributed by atoms with Crippen LogP contribution in [0.3, 0.4) is 0 Å². The van der Waals surface area contributed by atoms with E-state index in [4.69, 9.17) is 0 Å².